The standard InChI is InChI=1S/C37H29F2N3O4/c1-22(24-7-9-26(10-8-24)37(44)45)41-36(43)33-18-29(30-16-31(38)20-32(39)17-30)15-28-12-14-42(35(28)33)21-23-3-5-25(6-4-23)27-11-13-40-34(19-27)46-2/h3-20,22H,21H2,1-2H3,(H,41,43)(H,44,45)/t22-/m0/s1. The van der Waals surface area contributed by atoms with Gasteiger partial charge < -0.3 is 19.7 Å². The van der Waals surface area contributed by atoms with Gasteiger partial charge in [-0.05, 0) is 88.8 Å². The summed E-state index contributed by atoms with van der Waals surface area (Å²) in [7, 11) is 1.57. The van der Waals surface area contributed by atoms with Gasteiger partial charge in [0.25, 0.3) is 5.91 Å². The number of rotatable bonds is 9. The van der Waals surface area contributed by atoms with Crippen LogP contribution in [-0.2, 0) is 6.54 Å². The first-order valence-corrected chi connectivity index (χ1v) is 14.5. The quantitative estimate of drug-likeness (QED) is 0.172. The molecule has 2 N–H and O–H groups in total. The van der Waals surface area contributed by atoms with Crippen LogP contribution < -0.4 is 10.1 Å². The van der Waals surface area contributed by atoms with E-state index in [2.05, 4.69) is 10.3 Å². The summed E-state index contributed by atoms with van der Waals surface area (Å²) in [6.07, 6.45) is 3.58. The van der Waals surface area contributed by atoms with Crippen molar-refractivity contribution in [3.8, 4) is 28.1 Å². The van der Waals surface area contributed by atoms with E-state index in [0.29, 0.717) is 34.6 Å². The van der Waals surface area contributed by atoms with Gasteiger partial charge in [0.1, 0.15) is 11.6 Å². The number of halogens is 2. The number of nitrogens with zero attached hydrogens (tertiary/aromatic N) is 2. The maximum absolute atomic E-state index is 14.2. The second-order valence-electron chi connectivity index (χ2n) is 11.0. The van der Waals surface area contributed by atoms with Gasteiger partial charge in [-0.25, -0.2) is 18.6 Å². The summed E-state index contributed by atoms with van der Waals surface area (Å²) in [5.41, 5.74) is 5.62. The molecule has 2 heterocycles. The Morgan fingerprint density at radius 3 is 2.22 bits per heavy atom. The minimum atomic E-state index is -1.04. The third-order valence-corrected chi connectivity index (χ3v) is 7.89. The molecule has 0 radical (unpaired) electrons. The number of ether oxygens (including phenoxy) is 1. The van der Waals surface area contributed by atoms with Gasteiger partial charge in [-0.2, -0.15) is 0 Å². The predicted molar refractivity (Wildman–Crippen MR) is 172 cm³/mol. The fourth-order valence-electron chi connectivity index (χ4n) is 5.51. The van der Waals surface area contributed by atoms with E-state index in [-0.39, 0.29) is 11.5 Å². The van der Waals surface area contributed by atoms with Crippen LogP contribution in [0.1, 0.15) is 44.8 Å². The Bertz CT molecular complexity index is 2050. The average Bonchev–Trinajstić information content (AvgIpc) is 3.46. The summed E-state index contributed by atoms with van der Waals surface area (Å²) < 4.78 is 35.6. The van der Waals surface area contributed by atoms with Gasteiger partial charge in [-0.15, -0.1) is 0 Å². The van der Waals surface area contributed by atoms with E-state index in [1.165, 1.54) is 24.3 Å². The van der Waals surface area contributed by atoms with Gasteiger partial charge in [0.2, 0.25) is 5.88 Å². The van der Waals surface area contributed by atoms with Gasteiger partial charge in [-0.3, -0.25) is 4.79 Å². The van der Waals surface area contributed by atoms with Gasteiger partial charge in [-0.1, -0.05) is 36.4 Å². The number of methoxy groups -OCH3 is 1. The predicted octanol–water partition coefficient (Wildman–Crippen LogP) is 7.89. The summed E-state index contributed by atoms with van der Waals surface area (Å²) in [5, 5.41) is 13.0. The molecular formula is C37H29F2N3O4. The molecule has 0 unspecified atom stereocenters. The molecule has 6 rings (SSSR count). The van der Waals surface area contributed by atoms with Crippen LogP contribution >= 0.6 is 0 Å². The highest BCUT2D eigenvalue weighted by atomic mass is 19.1. The number of carboxylic acid groups (broad SMARTS) is 1. The van der Waals surface area contributed by atoms with Crippen molar-refractivity contribution in [1.29, 1.82) is 0 Å². The molecule has 0 aliphatic rings. The van der Waals surface area contributed by atoms with Crippen molar-refractivity contribution in [2.75, 3.05) is 7.11 Å². The molecule has 0 aliphatic heterocycles. The van der Waals surface area contributed by atoms with Crippen LogP contribution in [0, 0.1) is 11.6 Å². The normalized spacial score (nSPS) is 11.7. The first kappa shape index (κ1) is 30.2. The third-order valence-electron chi connectivity index (χ3n) is 7.89. The van der Waals surface area contributed by atoms with E-state index in [1.807, 2.05) is 59.3 Å². The largest absolute Gasteiger partial charge is 0.481 e. The fourth-order valence-corrected chi connectivity index (χ4v) is 5.51. The molecule has 0 saturated heterocycles. The molecule has 0 saturated carbocycles. The summed E-state index contributed by atoms with van der Waals surface area (Å²) in [4.78, 5) is 29.4. The second-order valence-corrected chi connectivity index (χ2v) is 11.0. The lowest BCUT2D eigenvalue weighted by Gasteiger charge is -2.17. The summed E-state index contributed by atoms with van der Waals surface area (Å²) in [6, 6.07) is 26.2. The summed E-state index contributed by atoms with van der Waals surface area (Å²) >= 11 is 0. The number of carbonyl (C=O) groups is 2. The smallest absolute Gasteiger partial charge is 0.335 e. The van der Waals surface area contributed by atoms with Crippen molar-refractivity contribution in [2.45, 2.75) is 19.5 Å². The number of pyridine rings is 1. The van der Waals surface area contributed by atoms with Crippen molar-refractivity contribution in [1.82, 2.24) is 14.9 Å². The minimum absolute atomic E-state index is 0.144. The van der Waals surface area contributed by atoms with Crippen LogP contribution in [0.5, 0.6) is 5.88 Å². The molecular weight excluding hydrogens is 588 g/mol. The number of hydrogen-bond donors (Lipinski definition) is 2. The number of nitrogens with one attached hydrogen (secondary N) is 1. The third kappa shape index (κ3) is 6.34. The summed E-state index contributed by atoms with van der Waals surface area (Å²) in [6.45, 7) is 2.26. The van der Waals surface area contributed by atoms with Crippen LogP contribution in [-0.4, -0.2) is 33.6 Å². The van der Waals surface area contributed by atoms with E-state index < -0.39 is 23.6 Å². The molecule has 2 aromatic heterocycles. The zero-order valence-electron chi connectivity index (χ0n) is 25.0. The lowest BCUT2D eigenvalue weighted by atomic mass is 9.99. The van der Waals surface area contributed by atoms with Crippen LogP contribution in [0.15, 0.2) is 109 Å². The van der Waals surface area contributed by atoms with Gasteiger partial charge >= 0.3 is 5.97 Å². The number of carbonyl (C=O) groups excluding carboxylic acids is 1. The van der Waals surface area contributed by atoms with Crippen molar-refractivity contribution in [3.63, 3.8) is 0 Å². The SMILES string of the molecule is COc1cc(-c2ccc(Cn3ccc4cc(-c5cc(F)cc(F)c5)cc(C(=O)N[C@@H](C)c5ccc(C(=O)O)cc5)c43)cc2)ccn1. The molecule has 0 spiro atoms. The topological polar surface area (TPSA) is 93.5 Å². The molecule has 7 nitrogen and oxygen atoms in total. The van der Waals surface area contributed by atoms with Gasteiger partial charge in [0.15, 0.2) is 0 Å². The lowest BCUT2D eigenvalue weighted by molar-refractivity contribution is 0.0696. The Morgan fingerprint density at radius 2 is 1.54 bits per heavy atom. The van der Waals surface area contributed by atoms with Crippen LogP contribution in [0.3, 0.4) is 0 Å². The van der Waals surface area contributed by atoms with Gasteiger partial charge in [0, 0.05) is 36.5 Å². The first-order chi connectivity index (χ1) is 22.2. The summed E-state index contributed by atoms with van der Waals surface area (Å²) in [5.74, 6) is -2.33. The average molecular weight is 618 g/mol. The van der Waals surface area contributed by atoms with Crippen LogP contribution in [0.2, 0.25) is 0 Å². The molecule has 9 heteroatoms. The van der Waals surface area contributed by atoms with Gasteiger partial charge in [0.05, 0.1) is 29.8 Å². The van der Waals surface area contributed by atoms with E-state index in [0.717, 1.165) is 33.7 Å². The Hall–Kier alpha value is -5.83. The molecule has 230 valence electrons. The second kappa shape index (κ2) is 12.6. The first-order valence-electron chi connectivity index (χ1n) is 14.5. The highest BCUT2D eigenvalue weighted by molar-refractivity contribution is 6.08. The monoisotopic (exact) mass is 617 g/mol. The fraction of sp³-hybridized carbons (Fsp3) is 0.108. The molecule has 0 bridgehead atoms. The van der Waals surface area contributed by atoms with E-state index in [1.54, 1.807) is 38.4 Å². The molecule has 0 aliphatic carbocycles. The maximum atomic E-state index is 14.2. The Morgan fingerprint density at radius 1 is 0.848 bits per heavy atom. The molecule has 4 aromatic carbocycles. The molecule has 46 heavy (non-hydrogen) atoms. The number of aromatic carboxylic acids is 1. The highest BCUT2D eigenvalue weighted by Crippen LogP contribution is 2.31. The number of amides is 1. The zero-order valence-corrected chi connectivity index (χ0v) is 25.0. The van der Waals surface area contributed by atoms with E-state index >= 15 is 0 Å². The van der Waals surface area contributed by atoms with Crippen LogP contribution in [0.4, 0.5) is 8.78 Å². The van der Waals surface area contributed by atoms with Crippen molar-refractivity contribution < 1.29 is 28.2 Å². The molecule has 0 fully saturated rings. The zero-order chi connectivity index (χ0) is 32.4. The molecule has 6 aromatic rings. The van der Waals surface area contributed by atoms with E-state index in [4.69, 9.17) is 4.74 Å². The highest BCUT2D eigenvalue weighted by Gasteiger charge is 2.20. The Labute approximate surface area is 263 Å². The number of fused-ring (bicyclic) bond motifs is 1. The van der Waals surface area contributed by atoms with E-state index in [9.17, 15) is 23.5 Å². The number of carboxylic acids is 1. The lowest BCUT2D eigenvalue weighted by Crippen LogP contribution is -2.27. The Balaban J connectivity index is 1.36. The molecule has 1 atom stereocenters. The van der Waals surface area contributed by atoms with Crippen molar-refractivity contribution in [3.05, 3.63) is 143 Å². The van der Waals surface area contributed by atoms with Crippen molar-refractivity contribution in [2.24, 2.45) is 0 Å². The van der Waals surface area contributed by atoms with Crippen LogP contribution in [0.25, 0.3) is 33.2 Å². The number of benzene rings is 4. The number of hydrogen-bond acceptors (Lipinski definition) is 4. The maximum Gasteiger partial charge on any atom is 0.335 e. The van der Waals surface area contributed by atoms with Crippen molar-refractivity contribution >= 4 is 22.8 Å². The Kier molecular flexibility index (Phi) is 8.31. The molecule has 1 amide bonds. The number of aromatic nitrogens is 2. The minimum Gasteiger partial charge on any atom is -0.481 e.